The summed E-state index contributed by atoms with van der Waals surface area (Å²) in [5.74, 6) is 0.297. The third kappa shape index (κ3) is 9.31. The van der Waals surface area contributed by atoms with Crippen LogP contribution in [0.4, 0.5) is 15.4 Å². The highest BCUT2D eigenvalue weighted by atomic mass is 16.6. The number of aromatic nitrogens is 1. The van der Waals surface area contributed by atoms with Crippen molar-refractivity contribution in [3.63, 3.8) is 0 Å². The lowest BCUT2D eigenvalue weighted by atomic mass is 9.93. The number of Topliss-reactive ketones (excluding diaryl/α,β-unsaturated/α-hetero) is 1. The van der Waals surface area contributed by atoms with Gasteiger partial charge < -0.3 is 14.8 Å². The molecular formula is C26H41N3O5. The fourth-order valence-electron chi connectivity index (χ4n) is 3.92. The molecule has 0 saturated heterocycles. The summed E-state index contributed by atoms with van der Waals surface area (Å²) in [4.78, 5) is 44.1. The SMILES string of the molecule is CC(C)(C)OC(=O)NCCCCC(=O)c1cccnc1N(C(=O)OC(C)(C)C)C1CCCCC1. The molecule has 1 aliphatic rings. The Kier molecular flexibility index (Phi) is 9.89. The summed E-state index contributed by atoms with van der Waals surface area (Å²) in [6.07, 6.45) is 7.14. The number of amides is 2. The molecule has 34 heavy (non-hydrogen) atoms. The topological polar surface area (TPSA) is 97.8 Å². The maximum atomic E-state index is 13.2. The summed E-state index contributed by atoms with van der Waals surface area (Å²) in [5.41, 5.74) is -0.766. The Hall–Kier alpha value is -2.64. The lowest BCUT2D eigenvalue weighted by molar-refractivity contribution is 0.0523. The minimum absolute atomic E-state index is 0.0388. The molecule has 0 radical (unpaired) electrons. The number of nitrogens with zero attached hydrogens (tertiary/aromatic N) is 2. The van der Waals surface area contributed by atoms with Gasteiger partial charge >= 0.3 is 12.2 Å². The van der Waals surface area contributed by atoms with Gasteiger partial charge in [0.15, 0.2) is 5.78 Å². The van der Waals surface area contributed by atoms with E-state index < -0.39 is 23.4 Å². The summed E-state index contributed by atoms with van der Waals surface area (Å²) in [6, 6.07) is 3.40. The van der Waals surface area contributed by atoms with Gasteiger partial charge in [0, 0.05) is 25.2 Å². The molecule has 190 valence electrons. The number of anilines is 1. The van der Waals surface area contributed by atoms with Crippen LogP contribution in [0.25, 0.3) is 0 Å². The highest BCUT2D eigenvalue weighted by molar-refractivity contribution is 6.03. The monoisotopic (exact) mass is 475 g/mol. The Labute approximate surface area is 203 Å². The van der Waals surface area contributed by atoms with Gasteiger partial charge in [-0.3, -0.25) is 9.69 Å². The molecular weight excluding hydrogens is 434 g/mol. The minimum atomic E-state index is -0.649. The number of ketones is 1. The molecule has 0 spiro atoms. The van der Waals surface area contributed by atoms with Gasteiger partial charge in [-0.25, -0.2) is 14.6 Å². The number of ether oxygens (including phenoxy) is 2. The van der Waals surface area contributed by atoms with Crippen molar-refractivity contribution in [1.82, 2.24) is 10.3 Å². The van der Waals surface area contributed by atoms with Crippen molar-refractivity contribution in [3.8, 4) is 0 Å². The molecule has 1 fully saturated rings. The van der Waals surface area contributed by atoms with E-state index in [4.69, 9.17) is 9.47 Å². The minimum Gasteiger partial charge on any atom is -0.444 e. The van der Waals surface area contributed by atoms with Gasteiger partial charge in [-0.1, -0.05) is 19.3 Å². The zero-order valence-corrected chi connectivity index (χ0v) is 21.6. The summed E-state index contributed by atoms with van der Waals surface area (Å²) in [6.45, 7) is 11.4. The van der Waals surface area contributed by atoms with E-state index in [1.807, 2.05) is 41.5 Å². The fourth-order valence-corrected chi connectivity index (χ4v) is 3.92. The first-order valence-electron chi connectivity index (χ1n) is 12.3. The zero-order chi connectivity index (χ0) is 25.4. The maximum absolute atomic E-state index is 13.2. The Morgan fingerprint density at radius 3 is 2.26 bits per heavy atom. The van der Waals surface area contributed by atoms with E-state index >= 15 is 0 Å². The van der Waals surface area contributed by atoms with Crippen molar-refractivity contribution in [2.75, 3.05) is 11.4 Å². The number of unbranched alkanes of at least 4 members (excludes halogenated alkanes) is 1. The third-order valence-electron chi connectivity index (χ3n) is 5.34. The molecule has 0 bridgehead atoms. The van der Waals surface area contributed by atoms with Gasteiger partial charge in [-0.05, 0) is 79.4 Å². The lowest BCUT2D eigenvalue weighted by Crippen LogP contribution is -2.45. The Bertz CT molecular complexity index is 836. The molecule has 1 N–H and O–H groups in total. The number of nitrogens with one attached hydrogen (secondary N) is 1. The van der Waals surface area contributed by atoms with Gasteiger partial charge in [-0.15, -0.1) is 0 Å². The number of alkyl carbamates (subject to hydrolysis) is 1. The number of carbonyl (C=O) groups excluding carboxylic acids is 3. The third-order valence-corrected chi connectivity index (χ3v) is 5.34. The van der Waals surface area contributed by atoms with E-state index in [0.29, 0.717) is 37.2 Å². The van der Waals surface area contributed by atoms with Crippen LogP contribution in [0.2, 0.25) is 0 Å². The molecule has 0 aromatic carbocycles. The van der Waals surface area contributed by atoms with Crippen LogP contribution in [0.3, 0.4) is 0 Å². The quantitative estimate of drug-likeness (QED) is 0.364. The molecule has 1 heterocycles. The van der Waals surface area contributed by atoms with Crippen molar-refractivity contribution >= 4 is 23.8 Å². The molecule has 2 amide bonds. The van der Waals surface area contributed by atoms with Gasteiger partial charge in [0.1, 0.15) is 17.0 Å². The first-order valence-corrected chi connectivity index (χ1v) is 12.3. The molecule has 2 rings (SSSR count). The highest BCUT2D eigenvalue weighted by Crippen LogP contribution is 2.30. The number of carbonyl (C=O) groups is 3. The molecule has 8 nitrogen and oxygen atoms in total. The standard InChI is InChI=1S/C26H41N3O5/c1-25(2,3)33-23(31)28-17-11-10-16-21(30)20-15-12-18-27-22(20)29(19-13-8-7-9-14-19)24(32)34-26(4,5)6/h12,15,18-19H,7-11,13-14,16-17H2,1-6H3,(H,28,31). The van der Waals surface area contributed by atoms with Crippen molar-refractivity contribution in [1.29, 1.82) is 0 Å². The van der Waals surface area contributed by atoms with Crippen LogP contribution in [-0.2, 0) is 9.47 Å². The van der Waals surface area contributed by atoms with E-state index in [1.54, 1.807) is 23.2 Å². The predicted molar refractivity (Wildman–Crippen MR) is 132 cm³/mol. The van der Waals surface area contributed by atoms with Crippen LogP contribution in [0.1, 0.15) is 103 Å². The Morgan fingerprint density at radius 2 is 1.65 bits per heavy atom. The summed E-state index contributed by atoms with van der Waals surface area (Å²) in [5, 5.41) is 2.71. The number of rotatable bonds is 8. The molecule has 0 aliphatic heterocycles. The van der Waals surface area contributed by atoms with Gasteiger partial charge in [0.05, 0.1) is 5.56 Å². The van der Waals surface area contributed by atoms with E-state index in [0.717, 1.165) is 32.1 Å². The lowest BCUT2D eigenvalue weighted by Gasteiger charge is -2.35. The fraction of sp³-hybridized carbons (Fsp3) is 0.692. The molecule has 8 heteroatoms. The van der Waals surface area contributed by atoms with Crippen molar-refractivity contribution in [2.24, 2.45) is 0 Å². The first-order chi connectivity index (χ1) is 15.9. The van der Waals surface area contributed by atoms with E-state index in [1.165, 1.54) is 0 Å². The Morgan fingerprint density at radius 1 is 1.00 bits per heavy atom. The second-order valence-electron chi connectivity index (χ2n) is 10.8. The van der Waals surface area contributed by atoms with E-state index in [-0.39, 0.29) is 11.8 Å². The molecule has 1 aromatic rings. The average molecular weight is 476 g/mol. The van der Waals surface area contributed by atoms with Crippen LogP contribution < -0.4 is 10.2 Å². The van der Waals surface area contributed by atoms with Crippen molar-refractivity contribution in [3.05, 3.63) is 23.9 Å². The molecule has 1 aromatic heterocycles. The van der Waals surface area contributed by atoms with E-state index in [9.17, 15) is 14.4 Å². The molecule has 1 aliphatic carbocycles. The second-order valence-corrected chi connectivity index (χ2v) is 10.8. The number of hydrogen-bond donors (Lipinski definition) is 1. The van der Waals surface area contributed by atoms with Crippen LogP contribution in [0.15, 0.2) is 18.3 Å². The predicted octanol–water partition coefficient (Wildman–Crippen LogP) is 6.03. The maximum Gasteiger partial charge on any atom is 0.416 e. The Balaban J connectivity index is 2.06. The molecule has 0 unspecified atom stereocenters. The van der Waals surface area contributed by atoms with Gasteiger partial charge in [0.2, 0.25) is 0 Å². The molecule has 1 saturated carbocycles. The van der Waals surface area contributed by atoms with Crippen LogP contribution >= 0.6 is 0 Å². The summed E-state index contributed by atoms with van der Waals surface area (Å²) < 4.78 is 10.9. The molecule has 0 atom stereocenters. The van der Waals surface area contributed by atoms with Crippen molar-refractivity contribution in [2.45, 2.75) is 110 Å². The largest absolute Gasteiger partial charge is 0.444 e. The van der Waals surface area contributed by atoms with Crippen molar-refractivity contribution < 1.29 is 23.9 Å². The first kappa shape index (κ1) is 27.6. The van der Waals surface area contributed by atoms with Gasteiger partial charge in [0.25, 0.3) is 0 Å². The number of pyridine rings is 1. The number of hydrogen-bond acceptors (Lipinski definition) is 6. The van der Waals surface area contributed by atoms with E-state index in [2.05, 4.69) is 10.3 Å². The van der Waals surface area contributed by atoms with Crippen LogP contribution in [0, 0.1) is 0 Å². The summed E-state index contributed by atoms with van der Waals surface area (Å²) in [7, 11) is 0. The zero-order valence-electron chi connectivity index (χ0n) is 21.6. The smallest absolute Gasteiger partial charge is 0.416 e. The normalized spacial score (nSPS) is 14.9. The summed E-state index contributed by atoms with van der Waals surface area (Å²) >= 11 is 0. The second kappa shape index (κ2) is 12.2. The average Bonchev–Trinajstić information content (AvgIpc) is 2.72. The van der Waals surface area contributed by atoms with Gasteiger partial charge in [-0.2, -0.15) is 0 Å². The van der Waals surface area contributed by atoms with Crippen LogP contribution in [-0.4, -0.2) is 46.7 Å². The highest BCUT2D eigenvalue weighted by Gasteiger charge is 2.33. The van der Waals surface area contributed by atoms with Crippen LogP contribution in [0.5, 0.6) is 0 Å².